The minimum Gasteiger partial charge on any atom is -0.341 e. The predicted molar refractivity (Wildman–Crippen MR) is 116 cm³/mol. The van der Waals surface area contributed by atoms with Crippen LogP contribution in [-0.2, 0) is 9.59 Å². The Morgan fingerprint density at radius 1 is 1.06 bits per heavy atom. The third kappa shape index (κ3) is 3.32. The molecule has 1 unspecified atom stereocenters. The maximum Gasteiger partial charge on any atom is 0.325 e. The van der Waals surface area contributed by atoms with Crippen molar-refractivity contribution < 1.29 is 14.4 Å². The summed E-state index contributed by atoms with van der Waals surface area (Å²) < 4.78 is 0. The van der Waals surface area contributed by atoms with Gasteiger partial charge in [-0.2, -0.15) is 0 Å². The third-order valence-corrected chi connectivity index (χ3v) is 6.88. The number of H-pyrrole nitrogens is 1. The van der Waals surface area contributed by atoms with Gasteiger partial charge in [-0.25, -0.2) is 14.7 Å². The van der Waals surface area contributed by atoms with Crippen LogP contribution in [0, 0.1) is 0 Å². The van der Waals surface area contributed by atoms with Gasteiger partial charge < -0.3 is 20.1 Å². The molecule has 31 heavy (non-hydrogen) atoms. The summed E-state index contributed by atoms with van der Waals surface area (Å²) in [7, 11) is 0. The molecule has 0 radical (unpaired) electrons. The molecular weight excluding hydrogens is 396 g/mol. The Bertz CT molecular complexity index is 994. The number of urea groups is 1. The molecule has 0 bridgehead atoms. The molecular formula is C22H28N6O3. The lowest BCUT2D eigenvalue weighted by Gasteiger charge is -2.29. The Kier molecular flexibility index (Phi) is 4.83. The molecule has 2 aromatic rings. The highest BCUT2D eigenvalue weighted by molar-refractivity contribution is 6.10. The molecule has 2 aliphatic heterocycles. The van der Waals surface area contributed by atoms with E-state index in [9.17, 15) is 14.4 Å². The summed E-state index contributed by atoms with van der Waals surface area (Å²) >= 11 is 0. The summed E-state index contributed by atoms with van der Waals surface area (Å²) in [5.74, 6) is 0.389. The Labute approximate surface area is 180 Å². The zero-order chi connectivity index (χ0) is 21.6. The highest BCUT2D eigenvalue weighted by Gasteiger charge is 2.54. The maximum atomic E-state index is 13.2. The van der Waals surface area contributed by atoms with Gasteiger partial charge in [0, 0.05) is 26.2 Å². The molecule has 1 atom stereocenters. The molecule has 1 saturated carbocycles. The van der Waals surface area contributed by atoms with Crippen LogP contribution in [0.4, 0.5) is 10.7 Å². The van der Waals surface area contributed by atoms with Gasteiger partial charge in [0.2, 0.25) is 11.9 Å². The van der Waals surface area contributed by atoms with Crippen molar-refractivity contribution in [3.8, 4) is 0 Å². The molecule has 1 aliphatic carbocycles. The molecule has 3 fully saturated rings. The van der Waals surface area contributed by atoms with E-state index in [1.807, 2.05) is 24.3 Å². The predicted octanol–water partition coefficient (Wildman–Crippen LogP) is 1.85. The number of carbonyl (C=O) groups excluding carboxylic acids is 3. The van der Waals surface area contributed by atoms with Crippen molar-refractivity contribution in [2.75, 3.05) is 31.1 Å². The van der Waals surface area contributed by atoms with Crippen LogP contribution in [0.3, 0.4) is 0 Å². The van der Waals surface area contributed by atoms with Crippen molar-refractivity contribution in [2.45, 2.75) is 50.6 Å². The van der Waals surface area contributed by atoms with Gasteiger partial charge in [-0.15, -0.1) is 0 Å². The van der Waals surface area contributed by atoms with E-state index in [0.717, 1.165) is 47.7 Å². The van der Waals surface area contributed by atoms with E-state index in [1.165, 1.54) is 0 Å². The molecule has 5 rings (SSSR count). The standard InChI is InChI=1S/C22H28N6O3/c1-15(28-19(30)22(25-21(28)31)9-4-5-10-22)18(29)26-11-6-12-27(14-13-26)20-23-16-7-2-3-8-17(16)24-20/h2-3,7-8,15H,4-6,9-14H2,1H3,(H,23,24)(H,25,31). The highest BCUT2D eigenvalue weighted by atomic mass is 16.2. The number of para-hydroxylation sites is 2. The lowest BCUT2D eigenvalue weighted by Crippen LogP contribution is -2.51. The zero-order valence-corrected chi connectivity index (χ0v) is 17.8. The lowest BCUT2D eigenvalue weighted by molar-refractivity contribution is -0.142. The first kappa shape index (κ1) is 19.8. The van der Waals surface area contributed by atoms with Gasteiger partial charge in [0.15, 0.2) is 0 Å². The second-order valence-electron chi connectivity index (χ2n) is 8.81. The fourth-order valence-corrected chi connectivity index (χ4v) is 5.12. The monoisotopic (exact) mass is 424 g/mol. The summed E-state index contributed by atoms with van der Waals surface area (Å²) in [4.78, 5) is 51.9. The quantitative estimate of drug-likeness (QED) is 0.733. The lowest BCUT2D eigenvalue weighted by atomic mass is 9.97. The number of anilines is 1. The van der Waals surface area contributed by atoms with Crippen LogP contribution < -0.4 is 10.2 Å². The minimum absolute atomic E-state index is 0.176. The van der Waals surface area contributed by atoms with Crippen molar-refractivity contribution in [1.29, 1.82) is 0 Å². The number of fused-ring (bicyclic) bond motifs is 1. The summed E-state index contributed by atoms with van der Waals surface area (Å²) in [6.07, 6.45) is 3.95. The number of nitrogens with zero attached hydrogens (tertiary/aromatic N) is 4. The van der Waals surface area contributed by atoms with Crippen LogP contribution in [0.15, 0.2) is 24.3 Å². The van der Waals surface area contributed by atoms with Gasteiger partial charge in [-0.1, -0.05) is 25.0 Å². The Morgan fingerprint density at radius 3 is 2.61 bits per heavy atom. The van der Waals surface area contributed by atoms with E-state index in [-0.39, 0.29) is 11.8 Å². The van der Waals surface area contributed by atoms with Crippen LogP contribution in [0.1, 0.15) is 39.0 Å². The Morgan fingerprint density at radius 2 is 1.84 bits per heavy atom. The van der Waals surface area contributed by atoms with Crippen molar-refractivity contribution in [1.82, 2.24) is 25.1 Å². The summed E-state index contributed by atoms with van der Waals surface area (Å²) in [5, 5.41) is 2.87. The molecule has 1 aromatic carbocycles. The Hall–Kier alpha value is -3.10. The number of imidazole rings is 1. The number of benzene rings is 1. The number of aromatic nitrogens is 2. The fraction of sp³-hybridized carbons (Fsp3) is 0.545. The molecule has 3 heterocycles. The molecule has 164 valence electrons. The van der Waals surface area contributed by atoms with E-state index in [0.29, 0.717) is 32.5 Å². The molecule has 4 amide bonds. The van der Waals surface area contributed by atoms with Crippen LogP contribution in [0.25, 0.3) is 11.0 Å². The summed E-state index contributed by atoms with van der Waals surface area (Å²) in [6, 6.07) is 6.66. The number of amides is 4. The largest absolute Gasteiger partial charge is 0.341 e. The normalized spacial score (nSPS) is 22.3. The number of carbonyl (C=O) groups is 3. The van der Waals surface area contributed by atoms with Crippen molar-refractivity contribution in [3.05, 3.63) is 24.3 Å². The minimum atomic E-state index is -0.801. The smallest absolute Gasteiger partial charge is 0.325 e. The number of hydrogen-bond donors (Lipinski definition) is 2. The van der Waals surface area contributed by atoms with E-state index in [4.69, 9.17) is 0 Å². The van der Waals surface area contributed by atoms with Gasteiger partial charge in [0.05, 0.1) is 11.0 Å². The molecule has 9 heteroatoms. The first-order valence-electron chi connectivity index (χ1n) is 11.1. The topological polar surface area (TPSA) is 102 Å². The SMILES string of the molecule is CC(C(=O)N1CCCN(c2nc3ccccc3[nH]2)CC1)N1C(=O)NC2(CCCC2)C1=O. The summed E-state index contributed by atoms with van der Waals surface area (Å²) in [6.45, 7) is 4.20. The second kappa shape index (κ2) is 7.55. The molecule has 1 spiro atoms. The first-order chi connectivity index (χ1) is 15.0. The number of hydrogen-bond acceptors (Lipinski definition) is 5. The number of imide groups is 1. The van der Waals surface area contributed by atoms with Crippen molar-refractivity contribution in [2.24, 2.45) is 0 Å². The number of nitrogens with one attached hydrogen (secondary N) is 2. The maximum absolute atomic E-state index is 13.2. The van der Waals surface area contributed by atoms with Crippen LogP contribution in [-0.4, -0.2) is 75.4 Å². The van der Waals surface area contributed by atoms with E-state index in [1.54, 1.807) is 11.8 Å². The average Bonchev–Trinajstić information content (AvgIpc) is 3.41. The van der Waals surface area contributed by atoms with Crippen LogP contribution >= 0.6 is 0 Å². The molecule has 3 aliphatic rings. The highest BCUT2D eigenvalue weighted by Crippen LogP contribution is 2.36. The van der Waals surface area contributed by atoms with Crippen LogP contribution in [0.2, 0.25) is 0 Å². The van der Waals surface area contributed by atoms with Gasteiger partial charge in [0.25, 0.3) is 5.91 Å². The zero-order valence-electron chi connectivity index (χ0n) is 17.8. The molecule has 9 nitrogen and oxygen atoms in total. The second-order valence-corrected chi connectivity index (χ2v) is 8.81. The van der Waals surface area contributed by atoms with E-state index >= 15 is 0 Å². The fourth-order valence-electron chi connectivity index (χ4n) is 5.12. The van der Waals surface area contributed by atoms with Crippen LogP contribution in [0.5, 0.6) is 0 Å². The van der Waals surface area contributed by atoms with E-state index < -0.39 is 17.6 Å². The molecule has 2 saturated heterocycles. The van der Waals surface area contributed by atoms with Gasteiger partial charge >= 0.3 is 6.03 Å². The molecule has 2 N–H and O–H groups in total. The Balaban J connectivity index is 1.27. The number of rotatable bonds is 3. The molecule has 1 aromatic heterocycles. The van der Waals surface area contributed by atoms with Gasteiger partial charge in [-0.05, 0) is 38.3 Å². The van der Waals surface area contributed by atoms with E-state index in [2.05, 4.69) is 20.2 Å². The van der Waals surface area contributed by atoms with Gasteiger partial charge in [-0.3, -0.25) is 9.59 Å². The third-order valence-electron chi connectivity index (χ3n) is 6.88. The number of aromatic amines is 1. The summed E-state index contributed by atoms with van der Waals surface area (Å²) in [5.41, 5.74) is 1.12. The van der Waals surface area contributed by atoms with Crippen molar-refractivity contribution >= 4 is 34.8 Å². The first-order valence-corrected chi connectivity index (χ1v) is 11.1. The van der Waals surface area contributed by atoms with Gasteiger partial charge in [0.1, 0.15) is 11.6 Å². The average molecular weight is 425 g/mol. The van der Waals surface area contributed by atoms with Crippen molar-refractivity contribution in [3.63, 3.8) is 0 Å².